The fraction of sp³-hybridized carbons (Fsp3) is 0.240. The molecular weight excluding hydrogens is 432 g/mol. The van der Waals surface area contributed by atoms with E-state index in [1.54, 1.807) is 9.36 Å². The van der Waals surface area contributed by atoms with E-state index in [-0.39, 0.29) is 18.6 Å². The first-order chi connectivity index (χ1) is 16.6. The molecule has 0 spiro atoms. The van der Waals surface area contributed by atoms with Crippen molar-refractivity contribution in [1.82, 2.24) is 30.0 Å². The summed E-state index contributed by atoms with van der Waals surface area (Å²) in [5.41, 5.74) is 4.46. The normalized spacial score (nSPS) is 19.8. The first kappa shape index (κ1) is 21.7. The fourth-order valence-corrected chi connectivity index (χ4v) is 3.81. The Morgan fingerprint density at radius 2 is 1.79 bits per heavy atom. The smallest absolute Gasteiger partial charge is 0.302 e. The van der Waals surface area contributed by atoms with Crippen molar-refractivity contribution in [2.75, 3.05) is 6.61 Å². The number of aromatic nitrogens is 6. The van der Waals surface area contributed by atoms with Gasteiger partial charge in [0.1, 0.15) is 36.2 Å². The van der Waals surface area contributed by atoms with Gasteiger partial charge >= 0.3 is 5.97 Å². The third-order valence-electron chi connectivity index (χ3n) is 5.59. The van der Waals surface area contributed by atoms with Gasteiger partial charge in [-0.15, -0.1) is 10.2 Å². The molecule has 4 aromatic rings. The molecule has 9 nitrogen and oxygen atoms in total. The first-order valence-electron chi connectivity index (χ1n) is 11.0. The average molecular weight is 457 g/mol. The zero-order valence-electron chi connectivity index (χ0n) is 18.9. The number of hydrogen-bond donors (Lipinski definition) is 0. The predicted octanol–water partition coefficient (Wildman–Crippen LogP) is 3.63. The lowest BCUT2D eigenvalue weighted by atomic mass is 10.0. The van der Waals surface area contributed by atoms with Crippen LogP contribution in [0.15, 0.2) is 79.1 Å². The molecule has 1 aliphatic rings. The van der Waals surface area contributed by atoms with Crippen molar-refractivity contribution >= 4 is 5.97 Å². The standard InChI is InChI=1S/C25H24N6O3/c1-17-8-10-19(11-9-17)22-14-31(29-26-22)24-13-12-21(16-33-18(2)32)34-25(24)23-15-30(28-27-23)20-6-4-3-5-7-20/h3-15,21,24-25H,16H2,1-2H3/t21-,24+,25+/m0/s1. The van der Waals surface area contributed by atoms with Crippen molar-refractivity contribution in [2.45, 2.75) is 32.1 Å². The van der Waals surface area contributed by atoms with Crippen LogP contribution in [-0.2, 0) is 14.3 Å². The van der Waals surface area contributed by atoms with E-state index in [1.807, 2.05) is 86.1 Å². The molecule has 0 saturated heterocycles. The molecule has 0 N–H and O–H groups in total. The Labute approximate surface area is 196 Å². The maximum Gasteiger partial charge on any atom is 0.302 e. The number of hydrogen-bond acceptors (Lipinski definition) is 7. The van der Waals surface area contributed by atoms with E-state index in [4.69, 9.17) is 9.47 Å². The molecule has 3 heterocycles. The van der Waals surface area contributed by atoms with Crippen LogP contribution in [0.25, 0.3) is 16.9 Å². The Hall–Kier alpha value is -4.11. The number of benzene rings is 2. The van der Waals surface area contributed by atoms with Crippen LogP contribution >= 0.6 is 0 Å². The van der Waals surface area contributed by atoms with Crippen molar-refractivity contribution in [2.24, 2.45) is 0 Å². The molecule has 0 radical (unpaired) electrons. The molecule has 0 aliphatic carbocycles. The lowest BCUT2D eigenvalue weighted by Gasteiger charge is -2.30. The minimum Gasteiger partial charge on any atom is -0.463 e. The van der Waals surface area contributed by atoms with Gasteiger partial charge in [-0.3, -0.25) is 4.79 Å². The minimum atomic E-state index is -0.504. The maximum atomic E-state index is 11.3. The maximum absolute atomic E-state index is 11.3. The molecule has 0 unspecified atom stereocenters. The summed E-state index contributed by atoms with van der Waals surface area (Å²) in [7, 11) is 0. The SMILES string of the molecule is CC(=O)OC[C@@H]1C=C[C@@H](n2cc(-c3ccc(C)cc3)nn2)[C@@H](c2cn(-c3ccccc3)nn2)O1. The average Bonchev–Trinajstić information content (AvgIpc) is 3.54. The zero-order valence-corrected chi connectivity index (χ0v) is 18.9. The number of esters is 1. The van der Waals surface area contributed by atoms with Crippen LogP contribution in [0.2, 0.25) is 0 Å². The molecule has 2 aromatic carbocycles. The second-order valence-corrected chi connectivity index (χ2v) is 8.15. The third kappa shape index (κ3) is 4.65. The van der Waals surface area contributed by atoms with Gasteiger partial charge in [-0.2, -0.15) is 0 Å². The lowest BCUT2D eigenvalue weighted by Crippen LogP contribution is -2.31. The van der Waals surface area contributed by atoms with Gasteiger partial charge in [0.05, 0.1) is 18.1 Å². The molecular formula is C25H24N6O3. The van der Waals surface area contributed by atoms with Gasteiger partial charge in [0.2, 0.25) is 0 Å². The van der Waals surface area contributed by atoms with Crippen LogP contribution in [0.5, 0.6) is 0 Å². The number of para-hydroxylation sites is 1. The third-order valence-corrected chi connectivity index (χ3v) is 5.59. The largest absolute Gasteiger partial charge is 0.463 e. The summed E-state index contributed by atoms with van der Waals surface area (Å²) in [4.78, 5) is 11.3. The molecule has 9 heteroatoms. The van der Waals surface area contributed by atoms with Crippen LogP contribution in [0.4, 0.5) is 0 Å². The molecule has 172 valence electrons. The summed E-state index contributed by atoms with van der Waals surface area (Å²) in [6.07, 6.45) is 6.68. The lowest BCUT2D eigenvalue weighted by molar-refractivity contribution is -0.146. The fourth-order valence-electron chi connectivity index (χ4n) is 3.81. The molecule has 5 rings (SSSR count). The molecule has 0 bridgehead atoms. The van der Waals surface area contributed by atoms with Crippen LogP contribution in [0.3, 0.4) is 0 Å². The van der Waals surface area contributed by atoms with E-state index in [0.717, 1.165) is 16.9 Å². The Balaban J connectivity index is 1.46. The highest BCUT2D eigenvalue weighted by molar-refractivity contribution is 5.65. The monoisotopic (exact) mass is 456 g/mol. The van der Waals surface area contributed by atoms with Crippen molar-refractivity contribution in [3.05, 3.63) is 90.4 Å². The highest BCUT2D eigenvalue weighted by Gasteiger charge is 2.33. The molecule has 34 heavy (non-hydrogen) atoms. The van der Waals surface area contributed by atoms with Gasteiger partial charge in [0, 0.05) is 12.5 Å². The number of nitrogens with zero attached hydrogens (tertiary/aromatic N) is 6. The van der Waals surface area contributed by atoms with Crippen molar-refractivity contribution < 1.29 is 14.3 Å². The predicted molar refractivity (Wildman–Crippen MR) is 124 cm³/mol. The molecule has 0 saturated carbocycles. The summed E-state index contributed by atoms with van der Waals surface area (Å²) in [6, 6.07) is 17.6. The molecule has 1 aliphatic heterocycles. The van der Waals surface area contributed by atoms with E-state index in [0.29, 0.717) is 5.69 Å². The molecule has 3 atom stereocenters. The number of aryl methyl sites for hydroxylation is 1. The van der Waals surface area contributed by atoms with E-state index >= 15 is 0 Å². The van der Waals surface area contributed by atoms with Gasteiger partial charge in [-0.25, -0.2) is 9.36 Å². The van der Waals surface area contributed by atoms with Crippen LogP contribution in [0, 0.1) is 6.92 Å². The summed E-state index contributed by atoms with van der Waals surface area (Å²) in [5, 5.41) is 17.4. The van der Waals surface area contributed by atoms with E-state index in [2.05, 4.69) is 20.6 Å². The molecule has 2 aromatic heterocycles. The van der Waals surface area contributed by atoms with Crippen molar-refractivity contribution in [1.29, 1.82) is 0 Å². The highest BCUT2D eigenvalue weighted by Crippen LogP contribution is 2.35. The van der Waals surface area contributed by atoms with Gasteiger partial charge in [-0.05, 0) is 19.1 Å². The molecule has 0 amide bonds. The summed E-state index contributed by atoms with van der Waals surface area (Å²) in [5.74, 6) is -0.357. The first-order valence-corrected chi connectivity index (χ1v) is 11.0. The van der Waals surface area contributed by atoms with Gasteiger partial charge < -0.3 is 9.47 Å². The number of ether oxygens (including phenoxy) is 2. The Kier molecular flexibility index (Phi) is 6.01. The van der Waals surface area contributed by atoms with Gasteiger partial charge in [-0.1, -0.05) is 70.6 Å². The van der Waals surface area contributed by atoms with Crippen LogP contribution in [-0.4, -0.2) is 48.7 Å². The van der Waals surface area contributed by atoms with Gasteiger partial charge in [0.25, 0.3) is 0 Å². The number of rotatable bonds is 6. The van der Waals surface area contributed by atoms with Crippen LogP contribution < -0.4 is 0 Å². The van der Waals surface area contributed by atoms with E-state index in [1.165, 1.54) is 12.5 Å². The van der Waals surface area contributed by atoms with Crippen molar-refractivity contribution in [3.8, 4) is 16.9 Å². The summed E-state index contributed by atoms with van der Waals surface area (Å²) in [6.45, 7) is 3.54. The summed E-state index contributed by atoms with van der Waals surface area (Å²) < 4.78 is 14.9. The molecule has 0 fully saturated rings. The van der Waals surface area contributed by atoms with Crippen LogP contribution in [0.1, 0.15) is 30.3 Å². The second-order valence-electron chi connectivity index (χ2n) is 8.15. The Morgan fingerprint density at radius 3 is 2.56 bits per heavy atom. The topological polar surface area (TPSA) is 97.0 Å². The number of carbonyl (C=O) groups is 1. The quantitative estimate of drug-likeness (QED) is 0.323. The zero-order chi connectivity index (χ0) is 23.5. The van der Waals surface area contributed by atoms with E-state index in [9.17, 15) is 4.79 Å². The Bertz CT molecular complexity index is 1300. The highest BCUT2D eigenvalue weighted by atomic mass is 16.6. The van der Waals surface area contributed by atoms with Crippen molar-refractivity contribution in [3.63, 3.8) is 0 Å². The minimum absolute atomic E-state index is 0.119. The number of carbonyl (C=O) groups excluding carboxylic acids is 1. The second kappa shape index (κ2) is 9.40. The Morgan fingerprint density at radius 1 is 1.00 bits per heavy atom. The summed E-state index contributed by atoms with van der Waals surface area (Å²) >= 11 is 0. The van der Waals surface area contributed by atoms with Gasteiger partial charge in [0.15, 0.2) is 0 Å². The van der Waals surface area contributed by atoms with E-state index < -0.39 is 12.2 Å².